The van der Waals surface area contributed by atoms with Crippen LogP contribution in [0, 0.1) is 6.42 Å². The topological polar surface area (TPSA) is 12.0 Å². The summed E-state index contributed by atoms with van der Waals surface area (Å²) in [6.45, 7) is 1.05. The zero-order chi connectivity index (χ0) is 4.24. The second-order valence-electron chi connectivity index (χ2n) is 1.24. The van der Waals surface area contributed by atoms with E-state index in [0.29, 0.717) is 0 Å². The molecule has 0 aromatic rings. The van der Waals surface area contributed by atoms with E-state index < -0.39 is 0 Å². The van der Waals surface area contributed by atoms with Gasteiger partial charge in [0.15, 0.2) is 0 Å². The van der Waals surface area contributed by atoms with E-state index in [1.54, 1.807) is 0 Å². The normalized spacial score (nSPS) is 20.0. The maximum Gasteiger partial charge on any atom is 0.0150 e. The molecule has 1 aliphatic rings. The van der Waals surface area contributed by atoms with Gasteiger partial charge < -0.3 is 5.32 Å². The lowest BCUT2D eigenvalue weighted by Crippen LogP contribution is -2.09. The average Bonchev–Trinajstić information content (AvgIpc) is 1.72. The standard InChI is InChI=1S/C5H7N/c1-2-4-6-5-3-1/h2,4,6H,3,5H2. The fraction of sp³-hybridized carbons (Fsp3) is 0.400. The lowest BCUT2D eigenvalue weighted by atomic mass is 10.2. The van der Waals surface area contributed by atoms with Crippen molar-refractivity contribution in [2.75, 3.05) is 6.54 Å². The molecule has 0 saturated heterocycles. The Bertz CT molecular complexity index is 49.0. The van der Waals surface area contributed by atoms with Crippen LogP contribution in [-0.4, -0.2) is 6.54 Å². The van der Waals surface area contributed by atoms with Gasteiger partial charge in [-0.25, -0.2) is 0 Å². The first-order valence-electron chi connectivity index (χ1n) is 2.12. The van der Waals surface area contributed by atoms with Crippen molar-refractivity contribution < 1.29 is 0 Å². The minimum atomic E-state index is 1.05. The van der Waals surface area contributed by atoms with Gasteiger partial charge >= 0.3 is 0 Å². The quantitative estimate of drug-likeness (QED) is 0.449. The van der Waals surface area contributed by atoms with Crippen molar-refractivity contribution >= 4 is 0 Å². The molecule has 1 N–H and O–H groups in total. The Morgan fingerprint density at radius 1 is 1.67 bits per heavy atom. The molecule has 1 heteroatoms. The van der Waals surface area contributed by atoms with E-state index in [0.717, 1.165) is 13.0 Å². The second-order valence-corrected chi connectivity index (χ2v) is 1.24. The maximum absolute atomic E-state index is 3.04. The molecular formula is C5H7N. The molecule has 32 valence electrons. The van der Waals surface area contributed by atoms with Gasteiger partial charge in [-0.3, -0.25) is 0 Å². The average molecular weight is 81.1 g/mol. The molecule has 1 nitrogen and oxygen atoms in total. The van der Waals surface area contributed by atoms with Crippen LogP contribution in [-0.2, 0) is 0 Å². The monoisotopic (exact) mass is 81.1 g/mol. The Kier molecular flexibility index (Phi) is 1.15. The Morgan fingerprint density at radius 2 is 2.67 bits per heavy atom. The maximum atomic E-state index is 3.04. The van der Waals surface area contributed by atoms with Crippen molar-refractivity contribution in [1.82, 2.24) is 5.32 Å². The lowest BCUT2D eigenvalue weighted by molar-refractivity contribution is 0.804. The molecule has 0 aliphatic carbocycles. The Balaban J connectivity index is 2.26. The molecule has 0 atom stereocenters. The van der Waals surface area contributed by atoms with Gasteiger partial charge in [0.2, 0.25) is 0 Å². The smallest absolute Gasteiger partial charge is 0.0150 e. The van der Waals surface area contributed by atoms with Crippen LogP contribution in [0.25, 0.3) is 0 Å². The van der Waals surface area contributed by atoms with E-state index in [-0.39, 0.29) is 0 Å². The number of nitrogens with one attached hydrogen (secondary N) is 1. The molecule has 1 heterocycles. The molecule has 0 unspecified atom stereocenters. The molecule has 1 rings (SSSR count). The van der Waals surface area contributed by atoms with E-state index in [2.05, 4.69) is 11.7 Å². The molecule has 0 saturated carbocycles. The van der Waals surface area contributed by atoms with Crippen molar-refractivity contribution in [3.8, 4) is 0 Å². The highest BCUT2D eigenvalue weighted by molar-refractivity contribution is 4.97. The summed E-state index contributed by atoms with van der Waals surface area (Å²) in [6, 6.07) is 0. The van der Waals surface area contributed by atoms with Crippen LogP contribution in [0.1, 0.15) is 6.42 Å². The van der Waals surface area contributed by atoms with Crippen molar-refractivity contribution in [3.05, 3.63) is 18.7 Å². The third kappa shape index (κ3) is 0.744. The van der Waals surface area contributed by atoms with Gasteiger partial charge in [0.05, 0.1) is 0 Å². The summed E-state index contributed by atoms with van der Waals surface area (Å²) < 4.78 is 0. The largest absolute Gasteiger partial charge is 0.391 e. The highest BCUT2D eigenvalue weighted by atomic mass is 14.8. The van der Waals surface area contributed by atoms with E-state index in [1.807, 2.05) is 12.3 Å². The number of allylic oxidation sites excluding steroid dienone is 1. The molecule has 0 fully saturated rings. The SMILES string of the molecule is [C]1C=CNCC1. The Hall–Kier alpha value is -0.460. The van der Waals surface area contributed by atoms with Crippen LogP contribution in [0.4, 0.5) is 0 Å². The number of rotatable bonds is 0. The van der Waals surface area contributed by atoms with Gasteiger partial charge in [0.25, 0.3) is 0 Å². The van der Waals surface area contributed by atoms with E-state index in [1.165, 1.54) is 0 Å². The number of hydrogen-bond donors (Lipinski definition) is 1. The fourth-order valence-electron chi connectivity index (χ4n) is 0.429. The third-order valence-corrected chi connectivity index (χ3v) is 0.733. The molecule has 1 aliphatic heterocycles. The minimum Gasteiger partial charge on any atom is -0.391 e. The lowest BCUT2D eigenvalue weighted by Gasteiger charge is -2.01. The van der Waals surface area contributed by atoms with E-state index in [9.17, 15) is 0 Å². The fourth-order valence-corrected chi connectivity index (χ4v) is 0.429. The van der Waals surface area contributed by atoms with Crippen LogP contribution in [0.5, 0.6) is 0 Å². The molecule has 2 radical (unpaired) electrons. The van der Waals surface area contributed by atoms with Gasteiger partial charge in [-0.05, 0) is 12.6 Å². The first-order valence-corrected chi connectivity index (χ1v) is 2.12. The van der Waals surface area contributed by atoms with Gasteiger partial charge in [-0.15, -0.1) is 0 Å². The van der Waals surface area contributed by atoms with E-state index in [4.69, 9.17) is 0 Å². The predicted molar refractivity (Wildman–Crippen MR) is 25.0 cm³/mol. The molecule has 6 heavy (non-hydrogen) atoms. The van der Waals surface area contributed by atoms with Crippen LogP contribution in [0.3, 0.4) is 0 Å². The van der Waals surface area contributed by atoms with Gasteiger partial charge in [-0.1, -0.05) is 6.08 Å². The molecule has 0 aromatic heterocycles. The van der Waals surface area contributed by atoms with Crippen LogP contribution in [0.2, 0.25) is 0 Å². The van der Waals surface area contributed by atoms with E-state index >= 15 is 0 Å². The van der Waals surface area contributed by atoms with Crippen molar-refractivity contribution in [1.29, 1.82) is 0 Å². The van der Waals surface area contributed by atoms with Crippen molar-refractivity contribution in [3.63, 3.8) is 0 Å². The summed E-state index contributed by atoms with van der Waals surface area (Å²) in [7, 11) is 0. The number of hydrogen-bond acceptors (Lipinski definition) is 1. The minimum absolute atomic E-state index is 1.05. The summed E-state index contributed by atoms with van der Waals surface area (Å²) in [5.74, 6) is 0. The molecule has 0 bridgehead atoms. The van der Waals surface area contributed by atoms with Crippen LogP contribution >= 0.6 is 0 Å². The molecule has 0 spiro atoms. The summed E-state index contributed by atoms with van der Waals surface area (Å²) in [5.41, 5.74) is 0. The highest BCUT2D eigenvalue weighted by Gasteiger charge is 1.85. The van der Waals surface area contributed by atoms with Crippen LogP contribution < -0.4 is 5.32 Å². The van der Waals surface area contributed by atoms with Crippen molar-refractivity contribution in [2.24, 2.45) is 0 Å². The van der Waals surface area contributed by atoms with Crippen molar-refractivity contribution in [2.45, 2.75) is 6.42 Å². The first-order chi connectivity index (χ1) is 3.00. The van der Waals surface area contributed by atoms with Gasteiger partial charge in [-0.2, -0.15) is 0 Å². The molecule has 0 amide bonds. The first kappa shape index (κ1) is 3.72. The van der Waals surface area contributed by atoms with Gasteiger partial charge in [0.1, 0.15) is 0 Å². The van der Waals surface area contributed by atoms with Crippen LogP contribution in [0.15, 0.2) is 12.3 Å². The zero-order valence-electron chi connectivity index (χ0n) is 3.57. The summed E-state index contributed by atoms with van der Waals surface area (Å²) in [4.78, 5) is 0. The zero-order valence-corrected chi connectivity index (χ0v) is 3.57. The molecular weight excluding hydrogens is 74.1 g/mol. The highest BCUT2D eigenvalue weighted by Crippen LogP contribution is 1.90. The third-order valence-electron chi connectivity index (χ3n) is 0.733. The molecule has 0 aromatic carbocycles. The Morgan fingerprint density at radius 3 is 2.83 bits per heavy atom. The summed E-state index contributed by atoms with van der Waals surface area (Å²) in [5, 5.41) is 3.04. The summed E-state index contributed by atoms with van der Waals surface area (Å²) in [6.07, 6.45) is 7.91. The second kappa shape index (κ2) is 1.85. The Labute approximate surface area is 38.1 Å². The summed E-state index contributed by atoms with van der Waals surface area (Å²) >= 11 is 0. The predicted octanol–water partition coefficient (Wildman–Crippen LogP) is 0.575. The van der Waals surface area contributed by atoms with Gasteiger partial charge in [0, 0.05) is 13.0 Å².